The number of likely N-dealkylation sites (tertiary alicyclic amines) is 1. The number of ether oxygens (including phenoxy) is 1. The molecule has 1 aliphatic heterocycles. The van der Waals surface area contributed by atoms with Crippen LogP contribution >= 0.6 is 0 Å². The van der Waals surface area contributed by atoms with E-state index in [0.717, 1.165) is 0 Å². The van der Waals surface area contributed by atoms with Crippen molar-refractivity contribution in [3.05, 3.63) is 0 Å². The molecule has 7 nitrogen and oxygen atoms in total. The summed E-state index contributed by atoms with van der Waals surface area (Å²) in [7, 11) is 1.29. The number of primary amides is 1. The highest BCUT2D eigenvalue weighted by molar-refractivity contribution is 5.72. The molecular weight excluding hydrogens is 250 g/mol. The van der Waals surface area contributed by atoms with Gasteiger partial charge in [-0.1, -0.05) is 6.92 Å². The molecule has 19 heavy (non-hydrogen) atoms. The van der Waals surface area contributed by atoms with Crippen LogP contribution in [0, 0.1) is 5.92 Å². The van der Waals surface area contributed by atoms with Crippen LogP contribution in [0.25, 0.3) is 0 Å². The van der Waals surface area contributed by atoms with Crippen molar-refractivity contribution in [1.82, 2.24) is 10.2 Å². The molecule has 0 saturated carbocycles. The van der Waals surface area contributed by atoms with Crippen molar-refractivity contribution >= 4 is 12.1 Å². The molecule has 1 saturated heterocycles. The minimum atomic E-state index is -0.522. The fourth-order valence-corrected chi connectivity index (χ4v) is 2.44. The summed E-state index contributed by atoms with van der Waals surface area (Å²) in [4.78, 5) is 24.0. The molecule has 7 heteroatoms. The van der Waals surface area contributed by atoms with Gasteiger partial charge in [0.1, 0.15) is 0 Å². The molecule has 1 heterocycles. The first-order valence-electron chi connectivity index (χ1n) is 6.53. The summed E-state index contributed by atoms with van der Waals surface area (Å²) in [5.41, 5.74) is 5.30. The fraction of sp³-hybridized carbons (Fsp3) is 0.833. The van der Waals surface area contributed by atoms with Crippen molar-refractivity contribution in [2.45, 2.75) is 38.3 Å². The van der Waals surface area contributed by atoms with Gasteiger partial charge >= 0.3 is 12.1 Å². The van der Waals surface area contributed by atoms with Crippen LogP contribution in [0.5, 0.6) is 0 Å². The lowest BCUT2D eigenvalue weighted by Gasteiger charge is -2.37. The molecule has 0 aliphatic carbocycles. The minimum absolute atomic E-state index is 0.123. The Balaban J connectivity index is 2.62. The van der Waals surface area contributed by atoms with E-state index in [1.807, 2.05) is 6.92 Å². The number of carbonyl (C=O) groups is 2. The number of alkyl carbamates (subject to hydrolysis) is 1. The Labute approximate surface area is 113 Å². The third kappa shape index (κ3) is 4.94. The number of amides is 3. The molecule has 1 aliphatic rings. The molecular formula is C12H23N3O4. The van der Waals surface area contributed by atoms with Gasteiger partial charge in [0.25, 0.3) is 0 Å². The van der Waals surface area contributed by atoms with Gasteiger partial charge in [0.05, 0.1) is 19.3 Å². The van der Waals surface area contributed by atoms with Crippen LogP contribution in [0.4, 0.5) is 9.59 Å². The predicted octanol–water partition coefficient (Wildman–Crippen LogP) is 0.273. The number of methoxy groups -OCH3 is 1. The van der Waals surface area contributed by atoms with E-state index in [2.05, 4.69) is 10.1 Å². The molecule has 0 aromatic heterocycles. The van der Waals surface area contributed by atoms with E-state index in [-0.39, 0.29) is 12.0 Å². The first-order chi connectivity index (χ1) is 8.96. The first-order valence-corrected chi connectivity index (χ1v) is 6.53. The number of hydrogen-bond donors (Lipinski definition) is 3. The predicted molar refractivity (Wildman–Crippen MR) is 69.5 cm³/mol. The number of nitrogens with two attached hydrogens (primary N) is 1. The molecule has 1 rings (SSSR count). The second-order valence-corrected chi connectivity index (χ2v) is 4.98. The lowest BCUT2D eigenvalue weighted by Crippen LogP contribution is -2.54. The monoisotopic (exact) mass is 273 g/mol. The summed E-state index contributed by atoms with van der Waals surface area (Å²) in [5.74, 6) is 0.123. The molecule has 110 valence electrons. The summed E-state index contributed by atoms with van der Waals surface area (Å²) >= 11 is 0. The van der Waals surface area contributed by atoms with E-state index in [9.17, 15) is 14.7 Å². The summed E-state index contributed by atoms with van der Waals surface area (Å²) in [6.07, 6.45) is 1.06. The van der Waals surface area contributed by atoms with Crippen LogP contribution in [0.3, 0.4) is 0 Å². The van der Waals surface area contributed by atoms with Gasteiger partial charge in [-0.15, -0.1) is 0 Å². The van der Waals surface area contributed by atoms with E-state index in [1.54, 1.807) is 0 Å². The summed E-state index contributed by atoms with van der Waals surface area (Å²) in [5, 5.41) is 12.4. The van der Waals surface area contributed by atoms with E-state index in [0.29, 0.717) is 32.4 Å². The van der Waals surface area contributed by atoms with E-state index >= 15 is 0 Å². The van der Waals surface area contributed by atoms with Crippen molar-refractivity contribution in [1.29, 1.82) is 0 Å². The standard InChI is InChI=1S/C12H23N3O4/c1-3-10(16)5-8-4-9(14-12(18)19-2)7-15(6-8)11(13)17/h8-10,16H,3-7H2,1-2H3,(H2,13,17)(H,14,18). The average Bonchev–Trinajstić information content (AvgIpc) is 2.37. The Hall–Kier alpha value is -1.50. The maximum absolute atomic E-state index is 11.3. The van der Waals surface area contributed by atoms with Crippen LogP contribution in [0.15, 0.2) is 0 Å². The number of rotatable bonds is 4. The first kappa shape index (κ1) is 15.6. The zero-order chi connectivity index (χ0) is 14.4. The summed E-state index contributed by atoms with van der Waals surface area (Å²) in [6.45, 7) is 2.80. The van der Waals surface area contributed by atoms with Crippen molar-refractivity contribution < 1.29 is 19.4 Å². The van der Waals surface area contributed by atoms with Crippen LogP contribution in [-0.2, 0) is 4.74 Å². The largest absolute Gasteiger partial charge is 0.453 e. The minimum Gasteiger partial charge on any atom is -0.453 e. The lowest BCUT2D eigenvalue weighted by atomic mass is 9.89. The lowest BCUT2D eigenvalue weighted by molar-refractivity contribution is 0.0930. The van der Waals surface area contributed by atoms with Gasteiger partial charge < -0.3 is 25.8 Å². The van der Waals surface area contributed by atoms with E-state index in [1.165, 1.54) is 12.0 Å². The zero-order valence-electron chi connectivity index (χ0n) is 11.5. The van der Waals surface area contributed by atoms with Crippen molar-refractivity contribution in [3.8, 4) is 0 Å². The highest BCUT2D eigenvalue weighted by Gasteiger charge is 2.31. The summed E-state index contributed by atoms with van der Waals surface area (Å²) < 4.78 is 4.55. The van der Waals surface area contributed by atoms with Gasteiger partial charge in [-0.2, -0.15) is 0 Å². The molecule has 3 amide bonds. The molecule has 0 aromatic carbocycles. The smallest absolute Gasteiger partial charge is 0.407 e. The number of hydrogen-bond acceptors (Lipinski definition) is 4. The van der Waals surface area contributed by atoms with Gasteiger partial charge in [-0.05, 0) is 25.2 Å². The number of carbonyl (C=O) groups excluding carboxylic acids is 2. The van der Waals surface area contributed by atoms with Crippen molar-refractivity contribution in [2.75, 3.05) is 20.2 Å². The molecule has 4 N–H and O–H groups in total. The Morgan fingerprint density at radius 1 is 1.53 bits per heavy atom. The Kier molecular flexibility index (Phi) is 5.88. The second kappa shape index (κ2) is 7.18. The molecule has 0 aromatic rings. The fourth-order valence-electron chi connectivity index (χ4n) is 2.44. The normalized spacial score (nSPS) is 24.7. The molecule has 3 unspecified atom stereocenters. The quantitative estimate of drug-likeness (QED) is 0.683. The van der Waals surface area contributed by atoms with E-state index in [4.69, 9.17) is 5.73 Å². The topological polar surface area (TPSA) is 105 Å². The number of urea groups is 1. The molecule has 3 atom stereocenters. The van der Waals surface area contributed by atoms with Crippen LogP contribution in [0.1, 0.15) is 26.2 Å². The number of aliphatic hydroxyl groups excluding tert-OH is 1. The van der Waals surface area contributed by atoms with Gasteiger partial charge in [-0.3, -0.25) is 0 Å². The van der Waals surface area contributed by atoms with Gasteiger partial charge in [0.15, 0.2) is 0 Å². The number of nitrogens with zero attached hydrogens (tertiary/aromatic N) is 1. The highest BCUT2D eigenvalue weighted by atomic mass is 16.5. The second-order valence-electron chi connectivity index (χ2n) is 4.98. The van der Waals surface area contributed by atoms with Crippen LogP contribution in [-0.4, -0.2) is 54.5 Å². The maximum Gasteiger partial charge on any atom is 0.407 e. The van der Waals surface area contributed by atoms with Crippen LogP contribution in [0.2, 0.25) is 0 Å². The van der Waals surface area contributed by atoms with Crippen molar-refractivity contribution in [3.63, 3.8) is 0 Å². The maximum atomic E-state index is 11.3. The van der Waals surface area contributed by atoms with Gasteiger partial charge in [0.2, 0.25) is 0 Å². The number of aliphatic hydroxyl groups is 1. The molecule has 1 fully saturated rings. The Bertz CT molecular complexity index is 324. The zero-order valence-corrected chi connectivity index (χ0v) is 11.5. The number of piperidine rings is 1. The molecule has 0 bridgehead atoms. The summed E-state index contributed by atoms with van der Waals surface area (Å²) in [6, 6.07) is -0.699. The third-order valence-corrected chi connectivity index (χ3v) is 3.43. The highest BCUT2D eigenvalue weighted by Crippen LogP contribution is 2.22. The van der Waals surface area contributed by atoms with Gasteiger partial charge in [-0.25, -0.2) is 9.59 Å². The number of nitrogens with one attached hydrogen (secondary N) is 1. The average molecular weight is 273 g/mol. The van der Waals surface area contributed by atoms with Gasteiger partial charge in [0, 0.05) is 13.1 Å². The molecule has 0 radical (unpaired) electrons. The van der Waals surface area contributed by atoms with Crippen molar-refractivity contribution in [2.24, 2.45) is 11.7 Å². The van der Waals surface area contributed by atoms with E-state index < -0.39 is 18.2 Å². The SMILES string of the molecule is CCC(O)CC1CC(NC(=O)OC)CN(C(N)=O)C1. The third-order valence-electron chi connectivity index (χ3n) is 3.43. The Morgan fingerprint density at radius 3 is 2.74 bits per heavy atom. The molecule has 0 spiro atoms. The Morgan fingerprint density at radius 2 is 2.21 bits per heavy atom. The van der Waals surface area contributed by atoms with Crippen LogP contribution < -0.4 is 11.1 Å².